The zero-order valence-corrected chi connectivity index (χ0v) is 25.6. The van der Waals surface area contributed by atoms with Gasteiger partial charge in [-0.3, -0.25) is 0 Å². The van der Waals surface area contributed by atoms with Crippen LogP contribution < -0.4 is 20.2 Å². The summed E-state index contributed by atoms with van der Waals surface area (Å²) in [5, 5.41) is 4.45. The molecule has 0 aliphatic heterocycles. The largest absolute Gasteiger partial charge is 0.310 e. The minimum Gasteiger partial charge on any atom is -0.310 e. The van der Waals surface area contributed by atoms with Crippen molar-refractivity contribution >= 4 is 51.5 Å². The molecule has 0 atom stereocenters. The van der Waals surface area contributed by atoms with Gasteiger partial charge in [0.2, 0.25) is 0 Å². The van der Waals surface area contributed by atoms with Gasteiger partial charge >= 0.3 is 0 Å². The van der Waals surface area contributed by atoms with E-state index in [1.807, 2.05) is 30.3 Å². The second-order valence-corrected chi connectivity index (χ2v) is 11.2. The van der Waals surface area contributed by atoms with Gasteiger partial charge in [-0.15, -0.1) is 0 Å². The lowest BCUT2D eigenvalue weighted by Gasteiger charge is -2.27. The predicted molar refractivity (Wildman–Crippen MR) is 197 cm³/mol. The first kappa shape index (κ1) is 28.6. The summed E-state index contributed by atoms with van der Waals surface area (Å²) in [6.45, 7) is 8.47. The molecule has 0 aromatic heterocycles. The highest BCUT2D eigenvalue weighted by atomic mass is 15.1. The number of benzene rings is 7. The molecule has 2 nitrogen and oxygen atoms in total. The van der Waals surface area contributed by atoms with Crippen LogP contribution in [0.5, 0.6) is 0 Å². The Kier molecular flexibility index (Phi) is 8.00. The van der Waals surface area contributed by atoms with Crippen LogP contribution in [0, 0.1) is 0 Å². The van der Waals surface area contributed by atoms with Crippen molar-refractivity contribution in [3.8, 4) is 11.1 Å². The number of nitrogens with zero attached hydrogens (tertiary/aromatic N) is 2. The molecule has 220 valence electrons. The lowest BCUT2D eigenvalue weighted by Crippen LogP contribution is -2.31. The summed E-state index contributed by atoms with van der Waals surface area (Å²) in [5.74, 6) is 0. The van der Waals surface area contributed by atoms with Crippen molar-refractivity contribution in [2.24, 2.45) is 0 Å². The van der Waals surface area contributed by atoms with E-state index >= 15 is 0 Å². The Hall–Kier alpha value is -6.12. The van der Waals surface area contributed by atoms with E-state index in [1.165, 1.54) is 10.8 Å². The number of hydrogen-bond donors (Lipinski definition) is 0. The average molecular weight is 591 g/mol. The Morgan fingerprint density at radius 2 is 0.957 bits per heavy atom. The summed E-state index contributed by atoms with van der Waals surface area (Å²) in [6.07, 6.45) is 1.91. The summed E-state index contributed by atoms with van der Waals surface area (Å²) in [6, 6.07) is 61.8. The first-order chi connectivity index (χ1) is 22.7. The molecule has 0 saturated heterocycles. The van der Waals surface area contributed by atoms with Crippen molar-refractivity contribution in [2.75, 3.05) is 9.80 Å². The number of rotatable bonds is 8. The Labute approximate surface area is 270 Å². The summed E-state index contributed by atoms with van der Waals surface area (Å²) in [5.41, 5.74) is 8.79. The van der Waals surface area contributed by atoms with Crippen molar-refractivity contribution in [1.29, 1.82) is 0 Å². The highest BCUT2D eigenvalue weighted by Gasteiger charge is 2.16. The molecule has 0 saturated carbocycles. The van der Waals surface area contributed by atoms with E-state index in [2.05, 4.69) is 175 Å². The Bertz CT molecular complexity index is 2210. The molecule has 0 N–H and O–H groups in total. The van der Waals surface area contributed by atoms with Crippen LogP contribution in [0.1, 0.15) is 0 Å². The maximum Gasteiger partial charge on any atom is 0.0540 e. The minimum absolute atomic E-state index is 0.961. The van der Waals surface area contributed by atoms with E-state index in [1.54, 1.807) is 0 Å². The van der Waals surface area contributed by atoms with Crippen molar-refractivity contribution in [3.05, 3.63) is 199 Å². The molecule has 0 aliphatic carbocycles. The maximum atomic E-state index is 4.29. The molecule has 7 aromatic rings. The predicted octanol–water partition coefficient (Wildman–Crippen LogP) is 10.5. The molecular weight excluding hydrogens is 556 g/mol. The van der Waals surface area contributed by atoms with Gasteiger partial charge in [-0.05, 0) is 82.4 Å². The minimum atomic E-state index is 0.961. The quantitative estimate of drug-likeness (QED) is 0.174. The Balaban J connectivity index is 1.26. The first-order valence-electron chi connectivity index (χ1n) is 15.5. The second-order valence-electron chi connectivity index (χ2n) is 11.2. The van der Waals surface area contributed by atoms with Crippen LogP contribution in [-0.2, 0) is 0 Å². The summed E-state index contributed by atoms with van der Waals surface area (Å²) in [4.78, 5) is 4.58. The molecule has 0 unspecified atom stereocenters. The monoisotopic (exact) mass is 590 g/mol. The highest BCUT2D eigenvalue weighted by Crippen LogP contribution is 2.39. The van der Waals surface area contributed by atoms with Gasteiger partial charge in [0, 0.05) is 33.4 Å². The molecule has 7 aromatic carbocycles. The van der Waals surface area contributed by atoms with Crippen LogP contribution in [0.25, 0.3) is 34.2 Å². The fourth-order valence-electron chi connectivity index (χ4n) is 6.11. The van der Waals surface area contributed by atoms with Gasteiger partial charge in [-0.2, -0.15) is 0 Å². The topological polar surface area (TPSA) is 6.48 Å². The molecule has 0 amide bonds. The van der Waals surface area contributed by atoms with Gasteiger partial charge < -0.3 is 9.80 Å². The molecule has 0 aliphatic rings. The van der Waals surface area contributed by atoms with E-state index in [9.17, 15) is 0 Å². The average Bonchev–Trinajstić information content (AvgIpc) is 3.12. The molecule has 2 heteroatoms. The van der Waals surface area contributed by atoms with Gasteiger partial charge in [0.1, 0.15) is 0 Å². The van der Waals surface area contributed by atoms with Crippen molar-refractivity contribution in [3.63, 3.8) is 0 Å². The van der Waals surface area contributed by atoms with Crippen LogP contribution in [0.3, 0.4) is 0 Å². The molecular formula is C44H34N2. The first-order valence-corrected chi connectivity index (χ1v) is 15.5. The number of fused-ring (bicyclic) bond motifs is 1. The van der Waals surface area contributed by atoms with Crippen LogP contribution in [0.15, 0.2) is 189 Å². The highest BCUT2D eigenvalue weighted by molar-refractivity contribution is 5.99. The lowest BCUT2D eigenvalue weighted by molar-refractivity contribution is 1.28. The van der Waals surface area contributed by atoms with Crippen LogP contribution in [0.2, 0.25) is 0 Å². The lowest BCUT2D eigenvalue weighted by atomic mass is 10.0. The Morgan fingerprint density at radius 1 is 0.457 bits per heavy atom. The molecule has 0 radical (unpaired) electrons. The standard InChI is InChI=1S/C44H34N2/c1-3-43(41-22-12-10-15-33(41)2)45(37-18-6-4-7-19-37)39-29-25-34(26-30-39)35-27-31-40(32-28-35)46(38-20-8-5-9-21-38)44-24-14-17-36-16-11-13-23-42(36)44/h3-32H,1-2H2/b43-41+. The smallest absolute Gasteiger partial charge is 0.0540 e. The van der Waals surface area contributed by atoms with Gasteiger partial charge in [0.15, 0.2) is 0 Å². The SMILES string of the molecule is C=C/C(=c1/ccccc1=C)N(c1ccccc1)c1ccc(-c2ccc(N(c3ccccc3)c3cccc4ccccc34)cc2)cc1. The second kappa shape index (κ2) is 12.9. The van der Waals surface area contributed by atoms with Crippen LogP contribution in [0.4, 0.5) is 28.4 Å². The van der Waals surface area contributed by atoms with Gasteiger partial charge in [-0.25, -0.2) is 0 Å². The third kappa shape index (κ3) is 5.60. The Morgan fingerprint density at radius 3 is 1.61 bits per heavy atom. The summed E-state index contributed by atoms with van der Waals surface area (Å²) < 4.78 is 0. The van der Waals surface area contributed by atoms with E-state index < -0.39 is 0 Å². The van der Waals surface area contributed by atoms with Gasteiger partial charge in [0.25, 0.3) is 0 Å². The fourth-order valence-corrected chi connectivity index (χ4v) is 6.11. The molecule has 0 fully saturated rings. The molecule has 0 bridgehead atoms. The van der Waals surface area contributed by atoms with Crippen LogP contribution in [-0.4, -0.2) is 0 Å². The van der Waals surface area contributed by atoms with Gasteiger partial charge in [0.05, 0.1) is 11.4 Å². The molecule has 0 heterocycles. The molecule has 7 rings (SSSR count). The number of para-hydroxylation sites is 2. The molecule has 46 heavy (non-hydrogen) atoms. The van der Waals surface area contributed by atoms with E-state index in [0.717, 1.165) is 55.7 Å². The molecule has 0 spiro atoms. The number of anilines is 5. The zero-order valence-electron chi connectivity index (χ0n) is 25.6. The fraction of sp³-hybridized carbons (Fsp3) is 0. The van der Waals surface area contributed by atoms with Crippen molar-refractivity contribution in [1.82, 2.24) is 0 Å². The van der Waals surface area contributed by atoms with E-state index in [-0.39, 0.29) is 0 Å². The zero-order chi connectivity index (χ0) is 31.3. The van der Waals surface area contributed by atoms with Crippen LogP contribution >= 0.6 is 0 Å². The van der Waals surface area contributed by atoms with Gasteiger partial charge in [-0.1, -0.05) is 134 Å². The van der Waals surface area contributed by atoms with E-state index in [0.29, 0.717) is 0 Å². The summed E-state index contributed by atoms with van der Waals surface area (Å²) in [7, 11) is 0. The number of hydrogen-bond acceptors (Lipinski definition) is 2. The van der Waals surface area contributed by atoms with E-state index in [4.69, 9.17) is 0 Å². The maximum absolute atomic E-state index is 4.29. The van der Waals surface area contributed by atoms with Crippen molar-refractivity contribution in [2.45, 2.75) is 0 Å². The third-order valence-corrected chi connectivity index (χ3v) is 8.35. The van der Waals surface area contributed by atoms with Crippen molar-refractivity contribution < 1.29 is 0 Å². The third-order valence-electron chi connectivity index (χ3n) is 8.35. The normalized spacial score (nSPS) is 11.6. The summed E-state index contributed by atoms with van der Waals surface area (Å²) >= 11 is 0.